The summed E-state index contributed by atoms with van der Waals surface area (Å²) in [6, 6.07) is -0.803. The minimum atomic E-state index is -4.74. The van der Waals surface area contributed by atoms with E-state index in [0.717, 1.165) is 12.1 Å². The van der Waals surface area contributed by atoms with Gasteiger partial charge in [0, 0.05) is 5.56 Å². The second kappa shape index (κ2) is 4.67. The lowest BCUT2D eigenvalue weighted by Gasteiger charge is -2.17. The molecule has 92 valence electrons. The van der Waals surface area contributed by atoms with E-state index < -0.39 is 35.0 Å². The molecule has 0 spiro atoms. The van der Waals surface area contributed by atoms with Crippen LogP contribution in [0.25, 0.3) is 0 Å². The van der Waals surface area contributed by atoms with Crippen molar-refractivity contribution in [2.45, 2.75) is 12.2 Å². The third kappa shape index (κ3) is 2.61. The number of phenolic OH excluding ortho intramolecular Hbond substituents is 3. The molecule has 16 heavy (non-hydrogen) atoms. The van der Waals surface area contributed by atoms with Crippen LogP contribution in [0.5, 0.6) is 17.2 Å². The van der Waals surface area contributed by atoms with Gasteiger partial charge in [0.15, 0.2) is 11.5 Å². The van der Waals surface area contributed by atoms with Crippen molar-refractivity contribution < 1.29 is 28.5 Å². The summed E-state index contributed by atoms with van der Waals surface area (Å²) in [7, 11) is 0. The fourth-order valence-electron chi connectivity index (χ4n) is 1.01. The topological polar surface area (TPSA) is 86.7 Å². The molecule has 0 unspecified atom stereocenters. The number of nitrogens with two attached hydrogens (primary N) is 1. The minimum Gasteiger partial charge on any atom is -0.504 e. The number of halogens is 4. The Morgan fingerprint density at radius 2 is 1.56 bits per heavy atom. The summed E-state index contributed by atoms with van der Waals surface area (Å²) in [6.07, 6.45) is -4.74. The molecule has 0 saturated heterocycles. The molecule has 1 rings (SSSR count). The largest absolute Gasteiger partial charge is 0.504 e. The number of benzene rings is 1. The molecule has 0 aliphatic heterocycles. The molecule has 0 bridgehead atoms. The highest BCUT2D eigenvalue weighted by Crippen LogP contribution is 2.42. The maximum atomic E-state index is 12.2. The summed E-state index contributed by atoms with van der Waals surface area (Å²) in [5, 5.41) is 27.0. The molecular formula is C8H9ClF3NO3. The van der Waals surface area contributed by atoms with Gasteiger partial charge in [0.05, 0.1) is 0 Å². The van der Waals surface area contributed by atoms with Gasteiger partial charge in [-0.2, -0.15) is 13.2 Å². The fourth-order valence-corrected chi connectivity index (χ4v) is 1.01. The third-order valence-electron chi connectivity index (χ3n) is 1.85. The molecule has 8 heteroatoms. The lowest BCUT2D eigenvalue weighted by Crippen LogP contribution is -2.28. The summed E-state index contributed by atoms with van der Waals surface area (Å²) >= 11 is 0. The van der Waals surface area contributed by atoms with Gasteiger partial charge in [0.2, 0.25) is 5.75 Å². The molecule has 1 aromatic carbocycles. The Labute approximate surface area is 94.5 Å². The number of hydrogen-bond donors (Lipinski definition) is 4. The van der Waals surface area contributed by atoms with Gasteiger partial charge < -0.3 is 21.1 Å². The highest BCUT2D eigenvalue weighted by Gasteiger charge is 2.39. The second-order valence-corrected chi connectivity index (χ2v) is 2.89. The van der Waals surface area contributed by atoms with Crippen LogP contribution in [-0.4, -0.2) is 21.5 Å². The summed E-state index contributed by atoms with van der Waals surface area (Å²) in [6.45, 7) is 0. The second-order valence-electron chi connectivity index (χ2n) is 2.89. The van der Waals surface area contributed by atoms with Crippen LogP contribution in [0.3, 0.4) is 0 Å². The zero-order valence-corrected chi connectivity index (χ0v) is 8.51. The average Bonchev–Trinajstić information content (AvgIpc) is 2.12. The molecule has 4 nitrogen and oxygen atoms in total. The van der Waals surface area contributed by atoms with Crippen molar-refractivity contribution in [2.75, 3.05) is 0 Å². The SMILES string of the molecule is Cl.N[C@@H](c1ccc(O)c(O)c1O)C(F)(F)F. The van der Waals surface area contributed by atoms with E-state index in [-0.39, 0.29) is 12.4 Å². The first kappa shape index (κ1) is 14.7. The number of alkyl halides is 3. The van der Waals surface area contributed by atoms with Gasteiger partial charge in [-0.05, 0) is 12.1 Å². The van der Waals surface area contributed by atoms with Gasteiger partial charge in [-0.25, -0.2) is 0 Å². The summed E-state index contributed by atoms with van der Waals surface area (Å²) in [5.41, 5.74) is 4.12. The molecule has 0 aliphatic carbocycles. The van der Waals surface area contributed by atoms with Crippen LogP contribution >= 0.6 is 12.4 Å². The van der Waals surface area contributed by atoms with E-state index >= 15 is 0 Å². The highest BCUT2D eigenvalue weighted by atomic mass is 35.5. The van der Waals surface area contributed by atoms with Crippen molar-refractivity contribution in [1.82, 2.24) is 0 Å². The predicted molar refractivity (Wildman–Crippen MR) is 51.7 cm³/mol. The van der Waals surface area contributed by atoms with Crippen LogP contribution in [0.1, 0.15) is 11.6 Å². The molecule has 5 N–H and O–H groups in total. The number of phenols is 3. The first-order chi connectivity index (χ1) is 6.75. The Kier molecular flexibility index (Phi) is 4.28. The Bertz CT molecular complexity index is 384. The van der Waals surface area contributed by atoms with Gasteiger partial charge in [-0.15, -0.1) is 12.4 Å². The Morgan fingerprint density at radius 3 is 2.00 bits per heavy atom. The van der Waals surface area contributed by atoms with Crippen molar-refractivity contribution in [1.29, 1.82) is 0 Å². The Morgan fingerprint density at radius 1 is 1.06 bits per heavy atom. The Hall–Kier alpha value is -1.34. The van der Waals surface area contributed by atoms with Gasteiger partial charge in [0.1, 0.15) is 6.04 Å². The van der Waals surface area contributed by atoms with E-state index in [2.05, 4.69) is 0 Å². The van der Waals surface area contributed by atoms with Crippen LogP contribution < -0.4 is 5.73 Å². The zero-order chi connectivity index (χ0) is 11.8. The molecule has 0 fully saturated rings. The smallest absolute Gasteiger partial charge is 0.407 e. The normalized spacial score (nSPS) is 13.0. The van der Waals surface area contributed by atoms with Gasteiger partial charge in [-0.1, -0.05) is 0 Å². The Balaban J connectivity index is 0.00000225. The summed E-state index contributed by atoms with van der Waals surface area (Å²) in [4.78, 5) is 0. The molecule has 0 saturated carbocycles. The van der Waals surface area contributed by atoms with E-state index in [1.807, 2.05) is 0 Å². The molecule has 0 aromatic heterocycles. The highest BCUT2D eigenvalue weighted by molar-refractivity contribution is 5.85. The van der Waals surface area contributed by atoms with Crippen molar-refractivity contribution in [3.63, 3.8) is 0 Å². The summed E-state index contributed by atoms with van der Waals surface area (Å²) < 4.78 is 36.5. The van der Waals surface area contributed by atoms with Crippen molar-refractivity contribution in [3.8, 4) is 17.2 Å². The molecule has 0 aliphatic rings. The van der Waals surface area contributed by atoms with E-state index in [1.54, 1.807) is 0 Å². The lowest BCUT2D eigenvalue weighted by molar-refractivity contribution is -0.149. The van der Waals surface area contributed by atoms with Crippen LogP contribution in [-0.2, 0) is 0 Å². The monoisotopic (exact) mass is 259 g/mol. The average molecular weight is 260 g/mol. The van der Waals surface area contributed by atoms with E-state index in [1.165, 1.54) is 0 Å². The van der Waals surface area contributed by atoms with Crippen LogP contribution in [0, 0.1) is 0 Å². The van der Waals surface area contributed by atoms with E-state index in [0.29, 0.717) is 0 Å². The first-order valence-electron chi connectivity index (χ1n) is 3.81. The van der Waals surface area contributed by atoms with Crippen molar-refractivity contribution >= 4 is 12.4 Å². The maximum Gasteiger partial charge on any atom is 0.407 e. The van der Waals surface area contributed by atoms with E-state index in [9.17, 15) is 13.2 Å². The lowest BCUT2D eigenvalue weighted by atomic mass is 10.1. The number of hydrogen-bond acceptors (Lipinski definition) is 4. The van der Waals surface area contributed by atoms with Gasteiger partial charge >= 0.3 is 6.18 Å². The van der Waals surface area contributed by atoms with Crippen LogP contribution in [0.4, 0.5) is 13.2 Å². The molecule has 0 amide bonds. The van der Waals surface area contributed by atoms with Crippen molar-refractivity contribution in [3.05, 3.63) is 17.7 Å². The van der Waals surface area contributed by atoms with Crippen molar-refractivity contribution in [2.24, 2.45) is 5.73 Å². The number of aromatic hydroxyl groups is 3. The molecule has 1 aromatic rings. The maximum absolute atomic E-state index is 12.2. The van der Waals surface area contributed by atoms with Gasteiger partial charge in [0.25, 0.3) is 0 Å². The number of rotatable bonds is 1. The van der Waals surface area contributed by atoms with Crippen LogP contribution in [0.2, 0.25) is 0 Å². The quantitative estimate of drug-likeness (QED) is 0.579. The fraction of sp³-hybridized carbons (Fsp3) is 0.250. The summed E-state index contributed by atoms with van der Waals surface area (Å²) in [5.74, 6) is -2.81. The molecular weight excluding hydrogens is 251 g/mol. The minimum absolute atomic E-state index is 0. The molecule has 0 heterocycles. The predicted octanol–water partition coefficient (Wildman–Crippen LogP) is 1.79. The van der Waals surface area contributed by atoms with E-state index in [4.69, 9.17) is 21.1 Å². The third-order valence-corrected chi connectivity index (χ3v) is 1.85. The van der Waals surface area contributed by atoms with Gasteiger partial charge in [-0.3, -0.25) is 0 Å². The molecule has 1 atom stereocenters. The zero-order valence-electron chi connectivity index (χ0n) is 7.69. The standard InChI is InChI=1S/C8H8F3NO3.ClH/c9-8(10,11)7(12)3-1-2-4(13)6(15)5(3)14;/h1-2,7,13-15H,12H2;1H/t7-;/m0./s1. The van der Waals surface area contributed by atoms with Crippen LogP contribution in [0.15, 0.2) is 12.1 Å². The first-order valence-corrected chi connectivity index (χ1v) is 3.81. The molecule has 0 radical (unpaired) electrons.